The van der Waals surface area contributed by atoms with Crippen LogP contribution in [0.25, 0.3) is 0 Å². The van der Waals surface area contributed by atoms with Crippen LogP contribution in [-0.2, 0) is 11.2 Å². The van der Waals surface area contributed by atoms with Crippen LogP contribution in [-0.4, -0.2) is 16.5 Å². The summed E-state index contributed by atoms with van der Waals surface area (Å²) in [5.41, 5.74) is 0.680. The molecule has 0 aliphatic rings. The quantitative estimate of drug-likeness (QED) is 0.664. The number of phenolic OH excluding ortho intramolecular Hbond substituents is 2. The average molecular weight is 166 g/mol. The van der Waals surface area contributed by atoms with E-state index in [1.165, 1.54) is 12.1 Å². The molecule has 0 fully saturated rings. The Hall–Kier alpha value is -1.51. The lowest BCUT2D eigenvalue weighted by atomic mass is 10.1. The predicted octanol–water partition coefficient (Wildman–Crippen LogP) is 1.23. The number of aromatic hydroxyl groups is 2. The molecule has 0 aromatic heterocycles. The van der Waals surface area contributed by atoms with Crippen LogP contribution in [0.3, 0.4) is 0 Å². The molecule has 0 unspecified atom stereocenters. The van der Waals surface area contributed by atoms with Gasteiger partial charge in [-0.2, -0.15) is 0 Å². The Morgan fingerprint density at radius 1 is 1.33 bits per heavy atom. The van der Waals surface area contributed by atoms with E-state index < -0.39 is 0 Å². The van der Waals surface area contributed by atoms with E-state index in [0.29, 0.717) is 18.4 Å². The van der Waals surface area contributed by atoms with Crippen LogP contribution in [0.15, 0.2) is 18.2 Å². The van der Waals surface area contributed by atoms with Crippen molar-refractivity contribution in [1.29, 1.82) is 0 Å². The first-order chi connectivity index (χ1) is 5.74. The predicted molar refractivity (Wildman–Crippen MR) is 44.2 cm³/mol. The highest BCUT2D eigenvalue weighted by Gasteiger charge is 2.00. The van der Waals surface area contributed by atoms with Crippen LogP contribution in [0.4, 0.5) is 0 Å². The van der Waals surface area contributed by atoms with Gasteiger partial charge >= 0.3 is 0 Å². The van der Waals surface area contributed by atoms with Gasteiger partial charge in [-0.3, -0.25) is 0 Å². The summed E-state index contributed by atoms with van der Waals surface area (Å²) in [5.74, 6) is 0.0687. The maximum Gasteiger partial charge on any atom is 0.122 e. The number of phenols is 2. The summed E-state index contributed by atoms with van der Waals surface area (Å²) in [6, 6.07) is 4.36. The number of rotatable bonds is 3. The second-order valence-corrected chi connectivity index (χ2v) is 2.52. The van der Waals surface area contributed by atoms with Crippen molar-refractivity contribution < 1.29 is 15.0 Å². The molecule has 0 saturated heterocycles. The molecule has 2 N–H and O–H groups in total. The lowest BCUT2D eigenvalue weighted by molar-refractivity contribution is -0.107. The fraction of sp³-hybridized carbons (Fsp3) is 0.222. The molecule has 0 atom stereocenters. The lowest BCUT2D eigenvalue weighted by Gasteiger charge is -2.01. The number of aryl methyl sites for hydroxylation is 1. The van der Waals surface area contributed by atoms with Crippen LogP contribution >= 0.6 is 0 Å². The Labute approximate surface area is 70.3 Å². The lowest BCUT2D eigenvalue weighted by Crippen LogP contribution is -1.86. The molecule has 1 aromatic carbocycles. The molecule has 1 rings (SSSR count). The zero-order valence-electron chi connectivity index (χ0n) is 6.53. The first-order valence-corrected chi connectivity index (χ1v) is 3.68. The number of carbonyl (C=O) groups excluding carboxylic acids is 1. The van der Waals surface area contributed by atoms with E-state index in [9.17, 15) is 9.90 Å². The molecule has 0 amide bonds. The van der Waals surface area contributed by atoms with Crippen molar-refractivity contribution in [2.24, 2.45) is 0 Å². The molecule has 0 saturated carbocycles. The normalized spacial score (nSPS) is 9.67. The fourth-order valence-corrected chi connectivity index (χ4v) is 0.978. The van der Waals surface area contributed by atoms with Crippen molar-refractivity contribution in [2.75, 3.05) is 0 Å². The average Bonchev–Trinajstić information content (AvgIpc) is 2.03. The van der Waals surface area contributed by atoms with E-state index >= 15 is 0 Å². The third-order valence-corrected chi connectivity index (χ3v) is 1.60. The van der Waals surface area contributed by atoms with E-state index in [-0.39, 0.29) is 11.5 Å². The van der Waals surface area contributed by atoms with E-state index in [0.717, 1.165) is 6.29 Å². The number of hydrogen-bond donors (Lipinski definition) is 2. The molecule has 3 nitrogen and oxygen atoms in total. The molecule has 64 valence electrons. The molecule has 0 bridgehead atoms. The molecular formula is C9H10O3. The summed E-state index contributed by atoms with van der Waals surface area (Å²) in [5, 5.41) is 18.2. The first kappa shape index (κ1) is 8.59. The number of aldehydes is 1. The summed E-state index contributed by atoms with van der Waals surface area (Å²) < 4.78 is 0. The van der Waals surface area contributed by atoms with E-state index in [2.05, 4.69) is 0 Å². The van der Waals surface area contributed by atoms with Gasteiger partial charge in [0.2, 0.25) is 0 Å². The van der Waals surface area contributed by atoms with Crippen molar-refractivity contribution in [3.05, 3.63) is 23.8 Å². The second-order valence-electron chi connectivity index (χ2n) is 2.52. The summed E-state index contributed by atoms with van der Waals surface area (Å²) >= 11 is 0. The van der Waals surface area contributed by atoms with Crippen LogP contribution in [0, 0.1) is 0 Å². The monoisotopic (exact) mass is 166 g/mol. The number of benzene rings is 1. The zero-order valence-corrected chi connectivity index (χ0v) is 6.53. The summed E-state index contributed by atoms with van der Waals surface area (Å²) in [7, 11) is 0. The van der Waals surface area contributed by atoms with E-state index in [4.69, 9.17) is 5.11 Å². The summed E-state index contributed by atoms with van der Waals surface area (Å²) in [6.45, 7) is 0. The minimum atomic E-state index is 0.0300. The van der Waals surface area contributed by atoms with Crippen LogP contribution in [0.1, 0.15) is 12.0 Å². The van der Waals surface area contributed by atoms with Gasteiger partial charge in [-0.1, -0.05) is 6.07 Å². The topological polar surface area (TPSA) is 57.5 Å². The molecule has 0 aliphatic carbocycles. The fourth-order valence-electron chi connectivity index (χ4n) is 0.978. The van der Waals surface area contributed by atoms with Gasteiger partial charge in [-0.05, 0) is 18.1 Å². The molecule has 0 radical (unpaired) electrons. The molecule has 0 spiro atoms. The van der Waals surface area contributed by atoms with Gasteiger partial charge in [0.1, 0.15) is 17.8 Å². The van der Waals surface area contributed by atoms with Crippen molar-refractivity contribution in [3.8, 4) is 11.5 Å². The molecule has 0 aliphatic heterocycles. The van der Waals surface area contributed by atoms with Gasteiger partial charge in [0.05, 0.1) is 0 Å². The Morgan fingerprint density at radius 3 is 2.67 bits per heavy atom. The SMILES string of the molecule is O=CCCc1ccc(O)cc1O. The summed E-state index contributed by atoms with van der Waals surface area (Å²) in [6.07, 6.45) is 1.69. The third-order valence-electron chi connectivity index (χ3n) is 1.60. The van der Waals surface area contributed by atoms with E-state index in [1.807, 2.05) is 0 Å². The van der Waals surface area contributed by atoms with Gasteiger partial charge in [0.25, 0.3) is 0 Å². The van der Waals surface area contributed by atoms with Crippen molar-refractivity contribution in [3.63, 3.8) is 0 Å². The van der Waals surface area contributed by atoms with Crippen LogP contribution in [0.2, 0.25) is 0 Å². The number of hydrogen-bond acceptors (Lipinski definition) is 3. The maximum atomic E-state index is 10.0. The van der Waals surface area contributed by atoms with Crippen LogP contribution in [0.5, 0.6) is 11.5 Å². The van der Waals surface area contributed by atoms with Gasteiger partial charge in [0, 0.05) is 12.5 Å². The van der Waals surface area contributed by atoms with Crippen molar-refractivity contribution >= 4 is 6.29 Å². The molecule has 3 heteroatoms. The van der Waals surface area contributed by atoms with Gasteiger partial charge in [-0.25, -0.2) is 0 Å². The highest BCUT2D eigenvalue weighted by molar-refractivity contribution is 5.51. The Bertz CT molecular complexity index is 281. The first-order valence-electron chi connectivity index (χ1n) is 3.68. The second kappa shape index (κ2) is 3.76. The van der Waals surface area contributed by atoms with Crippen LogP contribution < -0.4 is 0 Å². The van der Waals surface area contributed by atoms with Gasteiger partial charge in [0.15, 0.2) is 0 Å². The van der Waals surface area contributed by atoms with Crippen molar-refractivity contribution in [2.45, 2.75) is 12.8 Å². The molecule has 0 heterocycles. The summed E-state index contributed by atoms with van der Waals surface area (Å²) in [4.78, 5) is 10.0. The highest BCUT2D eigenvalue weighted by Crippen LogP contribution is 2.23. The Kier molecular flexibility index (Phi) is 2.69. The molecular weight excluding hydrogens is 156 g/mol. The minimum Gasteiger partial charge on any atom is -0.508 e. The smallest absolute Gasteiger partial charge is 0.122 e. The minimum absolute atomic E-state index is 0.0300. The molecule has 1 aromatic rings. The Morgan fingerprint density at radius 2 is 2.08 bits per heavy atom. The highest BCUT2D eigenvalue weighted by atomic mass is 16.3. The van der Waals surface area contributed by atoms with Gasteiger partial charge < -0.3 is 15.0 Å². The zero-order chi connectivity index (χ0) is 8.97. The maximum absolute atomic E-state index is 10.0. The standard InChI is InChI=1S/C9H10O3/c10-5-1-2-7-3-4-8(11)6-9(7)12/h3-6,11-12H,1-2H2. The third kappa shape index (κ3) is 1.99. The van der Waals surface area contributed by atoms with Crippen molar-refractivity contribution in [1.82, 2.24) is 0 Å². The Balaban J connectivity index is 2.78. The molecule has 12 heavy (non-hydrogen) atoms. The van der Waals surface area contributed by atoms with E-state index in [1.54, 1.807) is 6.07 Å². The number of carbonyl (C=O) groups is 1. The largest absolute Gasteiger partial charge is 0.508 e. The van der Waals surface area contributed by atoms with Gasteiger partial charge in [-0.15, -0.1) is 0 Å².